The highest BCUT2D eigenvalue weighted by atomic mass is 79.9. The molecule has 0 radical (unpaired) electrons. The van der Waals surface area contributed by atoms with Gasteiger partial charge in [0.1, 0.15) is 0 Å². The van der Waals surface area contributed by atoms with Gasteiger partial charge in [0, 0.05) is 52.2 Å². The molecule has 2 atom stereocenters. The third-order valence-electron chi connectivity index (χ3n) is 7.79. The number of aryl methyl sites for hydroxylation is 2. The zero-order chi connectivity index (χ0) is 27.1. The van der Waals surface area contributed by atoms with Crippen LogP contribution in [-0.4, -0.2) is 41.0 Å². The van der Waals surface area contributed by atoms with E-state index in [4.69, 9.17) is 21.9 Å². The first kappa shape index (κ1) is 26.0. The maximum absolute atomic E-state index is 5.96. The maximum Gasteiger partial charge on any atom is 0.174 e. The quantitative estimate of drug-likeness (QED) is 0.261. The van der Waals surface area contributed by atoms with Gasteiger partial charge in [-0.3, -0.25) is 4.98 Å². The fraction of sp³-hybridized carbons (Fsp3) is 0.290. The van der Waals surface area contributed by atoms with Crippen LogP contribution in [0.5, 0.6) is 0 Å². The maximum atomic E-state index is 5.96. The Kier molecular flexibility index (Phi) is 7.18. The average molecular weight is 603 g/mol. The summed E-state index contributed by atoms with van der Waals surface area (Å²) < 4.78 is 8.96. The molecule has 2 aromatic carbocycles. The molecule has 0 spiro atoms. The Hall–Kier alpha value is -3.20. The van der Waals surface area contributed by atoms with E-state index in [1.165, 1.54) is 28.2 Å². The summed E-state index contributed by atoms with van der Waals surface area (Å²) in [5.74, 6) is 0. The van der Waals surface area contributed by atoms with Gasteiger partial charge in [0.2, 0.25) is 0 Å². The summed E-state index contributed by atoms with van der Waals surface area (Å²) in [6.07, 6.45) is 1.85. The van der Waals surface area contributed by atoms with E-state index in [9.17, 15) is 0 Å². The second-order valence-electron chi connectivity index (χ2n) is 10.2. The van der Waals surface area contributed by atoms with E-state index in [0.29, 0.717) is 5.11 Å². The number of hydrogen-bond acceptors (Lipinski definition) is 4. The minimum absolute atomic E-state index is 0.0550. The topological polar surface area (TPSA) is 45.6 Å². The third kappa shape index (κ3) is 4.86. The predicted molar refractivity (Wildman–Crippen MR) is 165 cm³/mol. The molecule has 8 heteroatoms. The van der Waals surface area contributed by atoms with Gasteiger partial charge in [0.15, 0.2) is 5.11 Å². The number of hydrogen-bond donors (Lipinski definition) is 1. The molecule has 6 rings (SSSR count). The number of aromatic nitrogens is 2. The Morgan fingerprint density at radius 2 is 1.64 bits per heavy atom. The number of morpholine rings is 1. The number of pyridine rings is 1. The van der Waals surface area contributed by atoms with Crippen LogP contribution in [0.1, 0.15) is 40.3 Å². The highest BCUT2D eigenvalue weighted by molar-refractivity contribution is 9.10. The van der Waals surface area contributed by atoms with Crippen LogP contribution < -0.4 is 15.1 Å². The summed E-state index contributed by atoms with van der Waals surface area (Å²) in [6, 6.07) is 23.5. The second-order valence-corrected chi connectivity index (χ2v) is 11.4. The summed E-state index contributed by atoms with van der Waals surface area (Å²) in [5.41, 5.74) is 9.21. The first-order valence-corrected chi connectivity index (χ1v) is 14.5. The number of halogens is 1. The van der Waals surface area contributed by atoms with Crippen molar-refractivity contribution in [3.63, 3.8) is 0 Å². The van der Waals surface area contributed by atoms with Crippen molar-refractivity contribution in [1.82, 2.24) is 14.9 Å². The third-order valence-corrected chi connectivity index (χ3v) is 9.00. The van der Waals surface area contributed by atoms with E-state index < -0.39 is 0 Å². The van der Waals surface area contributed by atoms with E-state index in [0.717, 1.165) is 47.8 Å². The molecule has 0 amide bonds. The van der Waals surface area contributed by atoms with Crippen LogP contribution in [0.2, 0.25) is 0 Å². The highest BCUT2D eigenvalue weighted by Crippen LogP contribution is 2.44. The summed E-state index contributed by atoms with van der Waals surface area (Å²) in [7, 11) is 0. The number of thiocarbonyl (C=S) groups is 1. The highest BCUT2D eigenvalue weighted by Gasteiger charge is 2.42. The summed E-state index contributed by atoms with van der Waals surface area (Å²) in [5, 5.41) is 4.30. The van der Waals surface area contributed by atoms with Gasteiger partial charge in [-0.15, -0.1) is 0 Å². The van der Waals surface area contributed by atoms with Crippen LogP contribution in [0.3, 0.4) is 0 Å². The standard InChI is InChI=1S/C31H32BrN5OS/c1-20-18-25(11-12-27(20)32)37-30(29(34-31(37)39)28-6-4-5-13-33-28)26-19-21(2)36(22(26)3)24-9-7-23(8-10-24)35-14-16-38-17-15-35/h4-13,18-19,29-30H,14-17H2,1-3H3,(H,34,39)/t29-,30-/m0/s1. The van der Waals surface area contributed by atoms with E-state index >= 15 is 0 Å². The Balaban J connectivity index is 1.42. The van der Waals surface area contributed by atoms with Crippen molar-refractivity contribution in [2.24, 2.45) is 0 Å². The van der Waals surface area contributed by atoms with Crippen molar-refractivity contribution in [2.45, 2.75) is 32.9 Å². The van der Waals surface area contributed by atoms with Crippen molar-refractivity contribution in [1.29, 1.82) is 0 Å². The smallest absolute Gasteiger partial charge is 0.174 e. The largest absolute Gasteiger partial charge is 0.378 e. The van der Waals surface area contributed by atoms with Gasteiger partial charge in [0.25, 0.3) is 0 Å². The number of nitrogens with zero attached hydrogens (tertiary/aromatic N) is 4. The van der Waals surface area contributed by atoms with Gasteiger partial charge in [-0.05, 0) is 105 Å². The van der Waals surface area contributed by atoms with Gasteiger partial charge in [-0.1, -0.05) is 22.0 Å². The molecule has 2 aliphatic rings. The van der Waals surface area contributed by atoms with Crippen LogP contribution in [0, 0.1) is 20.8 Å². The molecule has 200 valence electrons. The van der Waals surface area contributed by atoms with Gasteiger partial charge in [-0.2, -0.15) is 0 Å². The lowest BCUT2D eigenvalue weighted by molar-refractivity contribution is 0.122. The van der Waals surface area contributed by atoms with Crippen molar-refractivity contribution in [3.8, 4) is 5.69 Å². The van der Waals surface area contributed by atoms with E-state index in [1.54, 1.807) is 0 Å². The minimum Gasteiger partial charge on any atom is -0.378 e. The molecule has 0 saturated carbocycles. The summed E-state index contributed by atoms with van der Waals surface area (Å²) >= 11 is 9.61. The lowest BCUT2D eigenvalue weighted by Gasteiger charge is -2.29. The molecule has 4 heterocycles. The van der Waals surface area contributed by atoms with Crippen molar-refractivity contribution < 1.29 is 4.74 Å². The molecule has 0 unspecified atom stereocenters. The number of anilines is 2. The Bertz CT molecular complexity index is 1500. The Morgan fingerprint density at radius 3 is 2.33 bits per heavy atom. The molecule has 2 fully saturated rings. The zero-order valence-corrected chi connectivity index (χ0v) is 24.8. The Labute approximate surface area is 243 Å². The first-order chi connectivity index (χ1) is 18.9. The summed E-state index contributed by atoms with van der Waals surface area (Å²) in [6.45, 7) is 9.92. The molecule has 39 heavy (non-hydrogen) atoms. The Morgan fingerprint density at radius 1 is 0.923 bits per heavy atom. The van der Waals surface area contributed by atoms with E-state index in [-0.39, 0.29) is 12.1 Å². The van der Waals surface area contributed by atoms with Crippen LogP contribution in [0.4, 0.5) is 11.4 Å². The lowest BCUT2D eigenvalue weighted by Crippen LogP contribution is -2.36. The van der Waals surface area contributed by atoms with Crippen molar-refractivity contribution in [2.75, 3.05) is 36.1 Å². The summed E-state index contributed by atoms with van der Waals surface area (Å²) in [4.78, 5) is 9.36. The molecular weight excluding hydrogens is 570 g/mol. The van der Waals surface area contributed by atoms with E-state index in [1.807, 2.05) is 18.3 Å². The van der Waals surface area contributed by atoms with Crippen LogP contribution in [0.15, 0.2) is 77.4 Å². The normalized spacial score (nSPS) is 19.4. The average Bonchev–Trinajstić information content (AvgIpc) is 3.46. The fourth-order valence-corrected chi connectivity index (χ4v) is 6.44. The number of nitrogens with one attached hydrogen (secondary N) is 1. The molecule has 6 nitrogen and oxygen atoms in total. The molecule has 0 bridgehead atoms. The molecule has 2 aliphatic heterocycles. The molecule has 4 aromatic rings. The van der Waals surface area contributed by atoms with Crippen LogP contribution >= 0.6 is 28.1 Å². The van der Waals surface area contributed by atoms with Crippen LogP contribution in [-0.2, 0) is 4.74 Å². The number of benzene rings is 2. The van der Waals surface area contributed by atoms with Crippen molar-refractivity contribution >= 4 is 44.6 Å². The van der Waals surface area contributed by atoms with Gasteiger partial charge in [0.05, 0.1) is 31.0 Å². The molecule has 0 aliphatic carbocycles. The van der Waals surface area contributed by atoms with Gasteiger partial charge >= 0.3 is 0 Å². The van der Waals surface area contributed by atoms with E-state index in [2.05, 4.69) is 111 Å². The first-order valence-electron chi connectivity index (χ1n) is 13.3. The number of rotatable bonds is 5. The molecular formula is C31H32BrN5OS. The minimum atomic E-state index is -0.0831. The second kappa shape index (κ2) is 10.8. The number of ether oxygens (including phenoxy) is 1. The fourth-order valence-electron chi connectivity index (χ4n) is 5.85. The molecule has 1 N–H and O–H groups in total. The van der Waals surface area contributed by atoms with Crippen molar-refractivity contribution in [3.05, 3.63) is 106 Å². The SMILES string of the molecule is Cc1cc(N2C(=S)N[C@@H](c3ccccn3)[C@@H]2c2cc(C)n(-c3ccc(N4CCOCC4)cc3)c2C)ccc1Br. The molecule has 2 saturated heterocycles. The van der Waals surface area contributed by atoms with Gasteiger partial charge in [-0.25, -0.2) is 0 Å². The lowest BCUT2D eigenvalue weighted by atomic mass is 9.96. The molecule has 2 aromatic heterocycles. The van der Waals surface area contributed by atoms with Gasteiger partial charge < -0.3 is 24.4 Å². The van der Waals surface area contributed by atoms with Crippen LogP contribution in [0.25, 0.3) is 5.69 Å². The predicted octanol–water partition coefficient (Wildman–Crippen LogP) is 6.57. The zero-order valence-electron chi connectivity index (χ0n) is 22.4. The monoisotopic (exact) mass is 601 g/mol.